The summed E-state index contributed by atoms with van der Waals surface area (Å²) in [6.45, 7) is 5.44. The molecule has 10 atom stereocenters. The van der Waals surface area contributed by atoms with Crippen LogP contribution in [0.2, 0.25) is 0 Å². The van der Waals surface area contributed by atoms with Gasteiger partial charge in [-0.1, -0.05) is 13.8 Å². The molecule has 5 N–H and O–H groups in total. The van der Waals surface area contributed by atoms with Crippen molar-refractivity contribution in [3.05, 3.63) is 0 Å². The van der Waals surface area contributed by atoms with E-state index in [2.05, 4.69) is 10.6 Å². The van der Waals surface area contributed by atoms with E-state index in [1.165, 1.54) is 0 Å². The summed E-state index contributed by atoms with van der Waals surface area (Å²) in [7, 11) is 1.69. The maximum absolute atomic E-state index is 11.9. The summed E-state index contributed by atoms with van der Waals surface area (Å²) < 4.78 is 17.8. The normalized spacial score (nSPS) is 49.8. The van der Waals surface area contributed by atoms with Crippen molar-refractivity contribution in [2.75, 3.05) is 7.05 Å². The molecule has 2 heterocycles. The van der Waals surface area contributed by atoms with Gasteiger partial charge < -0.3 is 40.2 Å². The van der Waals surface area contributed by atoms with E-state index in [-0.39, 0.29) is 18.4 Å². The minimum Gasteiger partial charge on any atom is -0.391 e. The van der Waals surface area contributed by atoms with Gasteiger partial charge in [-0.05, 0) is 26.8 Å². The third-order valence-electron chi connectivity index (χ3n) is 6.09. The van der Waals surface area contributed by atoms with E-state index < -0.39 is 54.5 Å². The Morgan fingerprint density at radius 2 is 1.89 bits per heavy atom. The van der Waals surface area contributed by atoms with Crippen LogP contribution in [0.1, 0.15) is 40.0 Å². The second-order valence-corrected chi connectivity index (χ2v) is 7.79. The first-order chi connectivity index (χ1) is 12.8. The van der Waals surface area contributed by atoms with Crippen LogP contribution in [-0.4, -0.2) is 83.0 Å². The summed E-state index contributed by atoms with van der Waals surface area (Å²) in [6.07, 6.45) is -3.64. The highest BCUT2D eigenvalue weighted by atomic mass is 16.8. The average molecular weight is 388 g/mol. The number of aliphatic hydroxyl groups excluding tert-OH is 2. The molecule has 1 saturated carbocycles. The van der Waals surface area contributed by atoms with Crippen molar-refractivity contribution in [1.82, 2.24) is 10.6 Å². The highest BCUT2D eigenvalue weighted by molar-refractivity contribution is 5.76. The summed E-state index contributed by atoms with van der Waals surface area (Å²) in [6, 6.07) is -1.27. The van der Waals surface area contributed by atoms with Crippen LogP contribution in [0.4, 0.5) is 0 Å². The predicted molar refractivity (Wildman–Crippen MR) is 94.5 cm³/mol. The number of hydrogen-bond acceptors (Lipinski definition) is 8. The van der Waals surface area contributed by atoms with Gasteiger partial charge in [0, 0.05) is 12.3 Å². The molecule has 2 aliphatic heterocycles. The molecule has 1 unspecified atom stereocenters. The third-order valence-corrected chi connectivity index (χ3v) is 6.09. The first kappa shape index (κ1) is 20.9. The van der Waals surface area contributed by atoms with Gasteiger partial charge in [0.05, 0.1) is 30.4 Å². The van der Waals surface area contributed by atoms with Crippen molar-refractivity contribution < 1.29 is 34.3 Å². The van der Waals surface area contributed by atoms with Gasteiger partial charge in [-0.3, -0.25) is 4.79 Å². The Morgan fingerprint density at radius 1 is 1.19 bits per heavy atom. The van der Waals surface area contributed by atoms with E-state index in [1.807, 2.05) is 13.8 Å². The molecule has 0 aromatic rings. The minimum atomic E-state index is -1.91. The zero-order valence-corrected chi connectivity index (χ0v) is 16.3. The molecule has 0 bridgehead atoms. The van der Waals surface area contributed by atoms with Gasteiger partial charge in [-0.25, -0.2) is 0 Å². The smallest absolute Gasteiger partial charge is 0.239 e. The number of carbonyl (C=O) groups is 1. The summed E-state index contributed by atoms with van der Waals surface area (Å²) >= 11 is 0. The van der Waals surface area contributed by atoms with Crippen LogP contribution in [0.25, 0.3) is 0 Å². The van der Waals surface area contributed by atoms with Gasteiger partial charge in [-0.2, -0.15) is 0 Å². The fourth-order valence-corrected chi connectivity index (χ4v) is 4.54. The maximum Gasteiger partial charge on any atom is 0.239 e. The van der Waals surface area contributed by atoms with E-state index in [0.29, 0.717) is 12.8 Å². The fourth-order valence-electron chi connectivity index (χ4n) is 4.54. The van der Waals surface area contributed by atoms with E-state index in [0.717, 1.165) is 0 Å². The van der Waals surface area contributed by atoms with Crippen LogP contribution in [0.3, 0.4) is 0 Å². The first-order valence-electron chi connectivity index (χ1n) is 9.80. The summed E-state index contributed by atoms with van der Waals surface area (Å²) in [5.41, 5.74) is 0. The van der Waals surface area contributed by atoms with Crippen LogP contribution < -0.4 is 10.6 Å². The van der Waals surface area contributed by atoms with Crippen molar-refractivity contribution in [2.24, 2.45) is 5.92 Å². The van der Waals surface area contributed by atoms with E-state index >= 15 is 0 Å². The number of carbonyl (C=O) groups excluding carboxylic acids is 1. The Balaban J connectivity index is 1.91. The van der Waals surface area contributed by atoms with Gasteiger partial charge in [0.15, 0.2) is 0 Å². The molecule has 3 fully saturated rings. The number of aliphatic hydroxyl groups is 3. The van der Waals surface area contributed by atoms with Crippen molar-refractivity contribution >= 4 is 5.91 Å². The number of likely N-dealkylation sites (N-methyl/N-ethyl adjacent to an activating group) is 1. The quantitative estimate of drug-likeness (QED) is 0.408. The number of nitrogens with one attached hydrogen (secondary N) is 2. The van der Waals surface area contributed by atoms with Crippen molar-refractivity contribution in [3.63, 3.8) is 0 Å². The Labute approximate surface area is 159 Å². The lowest BCUT2D eigenvalue weighted by Crippen LogP contribution is -2.77. The van der Waals surface area contributed by atoms with E-state index in [1.54, 1.807) is 14.0 Å². The molecule has 0 aromatic heterocycles. The standard InChI is InChI=1S/C18H32N2O7/c1-5-9-13(22)12(19-4)15-16(14(9)23)26-17-18(24,27-15)10(7-8(3)25-17)20-11(21)6-2/h8-10,12-17,19,22-24H,5-7H2,1-4H3,(H,20,21)/t8-,9-,10?,12+,13+,14+,15-,16-,17+,18+/m1/s1. The topological polar surface area (TPSA) is 130 Å². The Bertz CT molecular complexity index is 550. The molecule has 1 aliphatic carbocycles. The molecular formula is C18H32N2O7. The Kier molecular flexibility index (Phi) is 6.12. The molecule has 0 aromatic carbocycles. The molecule has 2 saturated heterocycles. The molecule has 3 rings (SSSR count). The Hall–Kier alpha value is -0.810. The molecule has 1 amide bonds. The lowest BCUT2D eigenvalue weighted by Gasteiger charge is -2.58. The predicted octanol–water partition coefficient (Wildman–Crippen LogP) is -1.16. The van der Waals surface area contributed by atoms with Gasteiger partial charge in [-0.15, -0.1) is 0 Å². The van der Waals surface area contributed by atoms with Gasteiger partial charge in [0.1, 0.15) is 12.2 Å². The monoisotopic (exact) mass is 388 g/mol. The third kappa shape index (κ3) is 3.50. The van der Waals surface area contributed by atoms with E-state index in [4.69, 9.17) is 14.2 Å². The van der Waals surface area contributed by atoms with Crippen molar-refractivity contribution in [1.29, 1.82) is 0 Å². The molecule has 0 radical (unpaired) electrons. The van der Waals surface area contributed by atoms with Crippen LogP contribution >= 0.6 is 0 Å². The van der Waals surface area contributed by atoms with Crippen molar-refractivity contribution in [2.45, 2.75) is 94.7 Å². The highest BCUT2D eigenvalue weighted by Gasteiger charge is 2.63. The van der Waals surface area contributed by atoms with Gasteiger partial charge in [0.25, 0.3) is 0 Å². The molecule has 156 valence electrons. The number of fused-ring (bicyclic) bond motifs is 2. The fraction of sp³-hybridized carbons (Fsp3) is 0.944. The van der Waals surface area contributed by atoms with Crippen LogP contribution in [0.15, 0.2) is 0 Å². The van der Waals surface area contributed by atoms with Crippen molar-refractivity contribution in [3.8, 4) is 0 Å². The summed E-state index contributed by atoms with van der Waals surface area (Å²) in [5, 5.41) is 38.5. The molecular weight excluding hydrogens is 356 g/mol. The van der Waals surface area contributed by atoms with E-state index in [9.17, 15) is 20.1 Å². The summed E-state index contributed by atoms with van der Waals surface area (Å²) in [4.78, 5) is 11.9. The second-order valence-electron chi connectivity index (χ2n) is 7.79. The lowest BCUT2D eigenvalue weighted by atomic mass is 9.74. The maximum atomic E-state index is 11.9. The molecule has 3 aliphatic rings. The molecule has 27 heavy (non-hydrogen) atoms. The zero-order chi connectivity index (χ0) is 19.9. The second kappa shape index (κ2) is 7.90. The lowest BCUT2D eigenvalue weighted by molar-refractivity contribution is -0.450. The molecule has 9 heteroatoms. The molecule has 9 nitrogen and oxygen atoms in total. The highest BCUT2D eigenvalue weighted by Crippen LogP contribution is 2.43. The number of amides is 1. The summed E-state index contributed by atoms with van der Waals surface area (Å²) in [5.74, 6) is -2.52. The largest absolute Gasteiger partial charge is 0.391 e. The van der Waals surface area contributed by atoms with Gasteiger partial charge in [0.2, 0.25) is 18.0 Å². The molecule has 0 spiro atoms. The first-order valence-corrected chi connectivity index (χ1v) is 9.80. The Morgan fingerprint density at radius 3 is 2.48 bits per heavy atom. The van der Waals surface area contributed by atoms with Crippen LogP contribution in [0, 0.1) is 5.92 Å². The number of ether oxygens (including phenoxy) is 3. The number of rotatable bonds is 4. The number of hydrogen-bond donors (Lipinski definition) is 5. The zero-order valence-electron chi connectivity index (χ0n) is 16.3. The average Bonchev–Trinajstić information content (AvgIpc) is 2.62. The van der Waals surface area contributed by atoms with Gasteiger partial charge >= 0.3 is 0 Å². The SMILES string of the molecule is CCC(=O)NC1C[C@@H](C)O[C@H]2O[C@@H]3[C@@H](O)[C@H](CC)[C@H](O)[C@H](NC)[C@H]3O[C@@]12O. The minimum absolute atomic E-state index is 0.216. The van der Waals surface area contributed by atoms with Crippen LogP contribution in [0.5, 0.6) is 0 Å². The van der Waals surface area contributed by atoms with Crippen LogP contribution in [-0.2, 0) is 19.0 Å².